The summed E-state index contributed by atoms with van der Waals surface area (Å²) in [6.07, 6.45) is 3.17. The second kappa shape index (κ2) is 7.01. The molecular formula is C18H20N3OS2+. The molecule has 124 valence electrons. The highest BCUT2D eigenvalue weighted by Gasteiger charge is 2.31. The Morgan fingerprint density at radius 2 is 2.12 bits per heavy atom. The molecule has 2 aromatic heterocycles. The van der Waals surface area contributed by atoms with Gasteiger partial charge in [-0.3, -0.25) is 0 Å². The van der Waals surface area contributed by atoms with Crippen molar-refractivity contribution >= 4 is 23.6 Å². The van der Waals surface area contributed by atoms with E-state index in [9.17, 15) is 0 Å². The highest BCUT2D eigenvalue weighted by Crippen LogP contribution is 2.23. The van der Waals surface area contributed by atoms with Gasteiger partial charge >= 0.3 is 0 Å². The van der Waals surface area contributed by atoms with Gasteiger partial charge in [0.25, 0.3) is 4.84 Å². The molecule has 4 rings (SSSR count). The summed E-state index contributed by atoms with van der Waals surface area (Å²) in [7, 11) is 0. The Morgan fingerprint density at radius 1 is 1.25 bits per heavy atom. The summed E-state index contributed by atoms with van der Waals surface area (Å²) in [6, 6.07) is 15.2. The fourth-order valence-corrected chi connectivity index (χ4v) is 4.54. The minimum Gasteiger partial charge on any atom is -0.413 e. The lowest BCUT2D eigenvalue weighted by molar-refractivity contribution is -0.941. The lowest BCUT2D eigenvalue weighted by Gasteiger charge is -2.19. The molecule has 1 saturated heterocycles. The van der Waals surface area contributed by atoms with Crippen LogP contribution in [0.5, 0.6) is 0 Å². The average Bonchev–Trinajstić information content (AvgIpc) is 3.31. The molecule has 0 bridgehead atoms. The van der Waals surface area contributed by atoms with E-state index >= 15 is 0 Å². The molecule has 4 nitrogen and oxygen atoms in total. The van der Waals surface area contributed by atoms with Gasteiger partial charge in [0.2, 0.25) is 5.89 Å². The third-order valence-electron chi connectivity index (χ3n) is 4.57. The van der Waals surface area contributed by atoms with Crippen LogP contribution in [0.2, 0.25) is 0 Å². The van der Waals surface area contributed by atoms with Crippen LogP contribution < -0.4 is 4.90 Å². The molecule has 6 heteroatoms. The molecule has 1 aliphatic rings. The van der Waals surface area contributed by atoms with E-state index in [2.05, 4.69) is 34.7 Å². The van der Waals surface area contributed by atoms with Gasteiger partial charge in [-0.1, -0.05) is 36.4 Å². The molecule has 1 aromatic carbocycles. The zero-order chi connectivity index (χ0) is 16.4. The molecule has 3 heterocycles. The average molecular weight is 359 g/mol. The molecule has 2 atom stereocenters. The van der Waals surface area contributed by atoms with Gasteiger partial charge in [-0.2, -0.15) is 4.68 Å². The van der Waals surface area contributed by atoms with Gasteiger partial charge in [0, 0.05) is 12.8 Å². The van der Waals surface area contributed by atoms with Gasteiger partial charge in [-0.05, 0) is 29.2 Å². The van der Waals surface area contributed by atoms with E-state index in [0.29, 0.717) is 23.2 Å². The molecule has 3 aromatic rings. The van der Waals surface area contributed by atoms with Crippen molar-refractivity contribution in [3.05, 3.63) is 69.0 Å². The molecule has 1 aliphatic heterocycles. The van der Waals surface area contributed by atoms with E-state index < -0.39 is 0 Å². The van der Waals surface area contributed by atoms with Crippen molar-refractivity contribution < 1.29 is 9.32 Å². The summed E-state index contributed by atoms with van der Waals surface area (Å²) in [5.74, 6) is 0.692. The second-order valence-corrected chi connectivity index (χ2v) is 7.53. The molecule has 1 unspecified atom stereocenters. The van der Waals surface area contributed by atoms with Crippen LogP contribution >= 0.6 is 23.6 Å². The highest BCUT2D eigenvalue weighted by molar-refractivity contribution is 7.71. The number of quaternary nitrogens is 1. The lowest BCUT2D eigenvalue weighted by atomic mass is 10.2. The SMILES string of the molecule is S=c1oc(Cc2ccccc2)nn1C[NH+]1CCC[C@@H]1c1cccs1. The third-order valence-corrected chi connectivity index (χ3v) is 5.85. The molecule has 1 N–H and O–H groups in total. The third kappa shape index (κ3) is 3.36. The van der Waals surface area contributed by atoms with E-state index in [4.69, 9.17) is 16.6 Å². The maximum atomic E-state index is 5.71. The summed E-state index contributed by atoms with van der Waals surface area (Å²) in [5.41, 5.74) is 1.19. The Bertz CT molecular complexity index is 839. The second-order valence-electron chi connectivity index (χ2n) is 6.20. The van der Waals surface area contributed by atoms with Gasteiger partial charge in [0.15, 0.2) is 6.67 Å². The van der Waals surface area contributed by atoms with Crippen LogP contribution in [0.3, 0.4) is 0 Å². The fraction of sp³-hybridized carbons (Fsp3) is 0.333. The predicted molar refractivity (Wildman–Crippen MR) is 96.7 cm³/mol. The van der Waals surface area contributed by atoms with E-state index in [1.807, 2.05) is 34.2 Å². The first-order valence-electron chi connectivity index (χ1n) is 8.28. The van der Waals surface area contributed by atoms with Crippen LogP contribution in [0, 0.1) is 4.84 Å². The van der Waals surface area contributed by atoms with Gasteiger partial charge in [-0.25, -0.2) is 0 Å². The van der Waals surface area contributed by atoms with Crippen LogP contribution in [0.1, 0.15) is 35.2 Å². The Balaban J connectivity index is 1.50. The Hall–Kier alpha value is -1.76. The fourth-order valence-electron chi connectivity index (χ4n) is 3.42. The highest BCUT2D eigenvalue weighted by atomic mass is 32.1. The van der Waals surface area contributed by atoms with Gasteiger partial charge in [-0.15, -0.1) is 16.4 Å². The quantitative estimate of drug-likeness (QED) is 0.711. The molecule has 1 fully saturated rings. The standard InChI is InChI=1S/C18H19N3OS2/c23-18-21(19-17(22-18)12-14-6-2-1-3-7-14)13-20-10-4-8-15(20)16-9-5-11-24-16/h1-3,5-7,9,11,15H,4,8,10,12-13H2/p+1/t15-/m1/s1. The number of nitrogens with one attached hydrogen (secondary N) is 1. The molecule has 0 amide bonds. The van der Waals surface area contributed by atoms with Crippen molar-refractivity contribution in [2.45, 2.75) is 32.0 Å². The normalized spacial score (nSPS) is 20.5. The lowest BCUT2D eigenvalue weighted by Crippen LogP contribution is -3.09. The zero-order valence-corrected chi connectivity index (χ0v) is 15.0. The number of thiophene rings is 1. The molecule has 0 saturated carbocycles. The monoisotopic (exact) mass is 358 g/mol. The van der Waals surface area contributed by atoms with Crippen LogP contribution in [-0.4, -0.2) is 16.3 Å². The van der Waals surface area contributed by atoms with Crippen LogP contribution in [-0.2, 0) is 13.1 Å². The summed E-state index contributed by atoms with van der Waals surface area (Å²) < 4.78 is 7.57. The minimum atomic E-state index is 0.477. The number of hydrogen-bond acceptors (Lipinski definition) is 4. The Labute approximate surface area is 150 Å². The zero-order valence-electron chi connectivity index (χ0n) is 13.4. The molecule has 0 aliphatic carbocycles. The maximum Gasteiger partial charge on any atom is 0.291 e. The van der Waals surface area contributed by atoms with Gasteiger partial charge < -0.3 is 9.32 Å². The van der Waals surface area contributed by atoms with Gasteiger partial charge in [0.1, 0.15) is 6.04 Å². The van der Waals surface area contributed by atoms with Crippen molar-refractivity contribution in [2.24, 2.45) is 0 Å². The number of likely N-dealkylation sites (tertiary alicyclic amines) is 1. The van der Waals surface area contributed by atoms with Crippen LogP contribution in [0.4, 0.5) is 0 Å². The molecule has 24 heavy (non-hydrogen) atoms. The topological polar surface area (TPSA) is 35.4 Å². The summed E-state index contributed by atoms with van der Waals surface area (Å²) in [4.78, 5) is 3.46. The number of nitrogens with zero attached hydrogens (tertiary/aromatic N) is 2. The van der Waals surface area contributed by atoms with E-state index in [1.165, 1.54) is 28.2 Å². The molecular weight excluding hydrogens is 338 g/mol. The molecule has 0 spiro atoms. The van der Waals surface area contributed by atoms with E-state index in [0.717, 1.165) is 13.2 Å². The summed E-state index contributed by atoms with van der Waals surface area (Å²) in [6.45, 7) is 1.94. The van der Waals surface area contributed by atoms with Crippen LogP contribution in [0.15, 0.2) is 52.3 Å². The van der Waals surface area contributed by atoms with E-state index in [1.54, 1.807) is 0 Å². The number of aromatic nitrogens is 2. The first-order chi connectivity index (χ1) is 11.8. The summed E-state index contributed by atoms with van der Waals surface area (Å²) in [5, 5.41) is 6.77. The maximum absolute atomic E-state index is 5.71. The van der Waals surface area contributed by atoms with Crippen molar-refractivity contribution in [1.82, 2.24) is 9.78 Å². The number of rotatable bonds is 5. The minimum absolute atomic E-state index is 0.477. The van der Waals surface area contributed by atoms with Gasteiger partial charge in [0.05, 0.1) is 17.8 Å². The number of hydrogen-bond donors (Lipinski definition) is 1. The van der Waals surface area contributed by atoms with Crippen molar-refractivity contribution in [2.75, 3.05) is 6.54 Å². The molecule has 0 radical (unpaired) electrons. The Morgan fingerprint density at radius 3 is 2.92 bits per heavy atom. The Kier molecular flexibility index (Phi) is 4.60. The van der Waals surface area contributed by atoms with Crippen LogP contribution in [0.25, 0.3) is 0 Å². The van der Waals surface area contributed by atoms with E-state index in [-0.39, 0.29) is 0 Å². The first kappa shape index (κ1) is 15.7. The predicted octanol–water partition coefficient (Wildman–Crippen LogP) is 3.24. The van der Waals surface area contributed by atoms with Crippen molar-refractivity contribution in [3.63, 3.8) is 0 Å². The van der Waals surface area contributed by atoms with Crippen molar-refractivity contribution in [3.8, 4) is 0 Å². The van der Waals surface area contributed by atoms with Crippen molar-refractivity contribution in [1.29, 1.82) is 0 Å². The number of benzene rings is 1. The first-order valence-corrected chi connectivity index (χ1v) is 9.57. The summed E-state index contributed by atoms with van der Waals surface area (Å²) >= 11 is 7.23. The largest absolute Gasteiger partial charge is 0.413 e. The smallest absolute Gasteiger partial charge is 0.291 e.